The van der Waals surface area contributed by atoms with Gasteiger partial charge < -0.3 is 15.3 Å². The van der Waals surface area contributed by atoms with E-state index in [1.165, 1.54) is 15.4 Å². The van der Waals surface area contributed by atoms with Crippen LogP contribution in [0, 0.1) is 13.8 Å². The zero-order valence-electron chi connectivity index (χ0n) is 18.9. The van der Waals surface area contributed by atoms with Crippen molar-refractivity contribution in [3.63, 3.8) is 0 Å². The number of halogens is 2. The van der Waals surface area contributed by atoms with E-state index in [1.807, 2.05) is 19.9 Å². The number of nitrogens with one attached hydrogen (secondary N) is 1. The fourth-order valence-electron chi connectivity index (χ4n) is 4.49. The van der Waals surface area contributed by atoms with E-state index in [4.69, 9.17) is 4.98 Å². The summed E-state index contributed by atoms with van der Waals surface area (Å²) >= 11 is 0. The van der Waals surface area contributed by atoms with Crippen LogP contribution in [-0.2, 0) is 0 Å². The molecule has 174 valence electrons. The van der Waals surface area contributed by atoms with E-state index in [-0.39, 0.29) is 23.4 Å². The van der Waals surface area contributed by atoms with Gasteiger partial charge in [-0.1, -0.05) is 12.1 Å². The molecule has 4 rings (SSSR count). The molecule has 2 atom stereocenters. The summed E-state index contributed by atoms with van der Waals surface area (Å²) in [5.41, 5.74) is 2.37. The van der Waals surface area contributed by atoms with Gasteiger partial charge in [0, 0.05) is 29.9 Å². The molecule has 0 spiro atoms. The second-order valence-electron chi connectivity index (χ2n) is 8.79. The third-order valence-corrected chi connectivity index (χ3v) is 6.08. The Morgan fingerprint density at radius 2 is 2.00 bits per heavy atom. The van der Waals surface area contributed by atoms with Gasteiger partial charge in [-0.2, -0.15) is 0 Å². The first kappa shape index (κ1) is 22.7. The number of alkyl halides is 2. The molecule has 9 heteroatoms. The summed E-state index contributed by atoms with van der Waals surface area (Å²) in [7, 11) is 0. The van der Waals surface area contributed by atoms with Crippen LogP contribution in [0.25, 0.3) is 5.65 Å². The van der Waals surface area contributed by atoms with Gasteiger partial charge in [0.05, 0.1) is 23.7 Å². The fraction of sp³-hybridized carbons (Fsp3) is 0.375. The van der Waals surface area contributed by atoms with E-state index in [9.17, 15) is 23.5 Å². The Morgan fingerprint density at radius 3 is 2.64 bits per heavy atom. The summed E-state index contributed by atoms with van der Waals surface area (Å²) < 4.78 is 29.6. The van der Waals surface area contributed by atoms with Crippen molar-refractivity contribution in [3.05, 3.63) is 69.1 Å². The van der Waals surface area contributed by atoms with Gasteiger partial charge in [-0.15, -0.1) is 0 Å². The van der Waals surface area contributed by atoms with Gasteiger partial charge in [-0.05, 0) is 51.5 Å². The van der Waals surface area contributed by atoms with Crippen LogP contribution >= 0.6 is 0 Å². The molecule has 0 amide bonds. The van der Waals surface area contributed by atoms with Crippen molar-refractivity contribution < 1.29 is 18.7 Å². The molecule has 1 fully saturated rings. The van der Waals surface area contributed by atoms with Gasteiger partial charge in [0.15, 0.2) is 0 Å². The fourth-order valence-corrected chi connectivity index (χ4v) is 4.49. The highest BCUT2D eigenvalue weighted by atomic mass is 19.3. The first-order valence-corrected chi connectivity index (χ1v) is 10.8. The molecular formula is C24H26F2N4O3. The maximum absolute atomic E-state index is 14.1. The highest BCUT2D eigenvalue weighted by Gasteiger charge is 2.44. The number of rotatable bonds is 5. The lowest BCUT2D eigenvalue weighted by molar-refractivity contribution is 0.0229. The predicted molar refractivity (Wildman–Crippen MR) is 123 cm³/mol. The summed E-state index contributed by atoms with van der Waals surface area (Å²) in [4.78, 5) is 31.0. The zero-order chi connectivity index (χ0) is 24.1. The SMILES string of the molecule is Cc1cc([C@@H](C)Nc2ccccc2C(=O)O)c2nc(N3CC(F)(F)C[C@@H]3C)c(C)c(=O)n2c1. The van der Waals surface area contributed by atoms with E-state index >= 15 is 0 Å². The lowest BCUT2D eigenvalue weighted by Gasteiger charge is -2.25. The van der Waals surface area contributed by atoms with Crippen molar-refractivity contribution in [2.45, 2.75) is 52.1 Å². The molecule has 1 saturated heterocycles. The molecule has 0 saturated carbocycles. The summed E-state index contributed by atoms with van der Waals surface area (Å²) in [5.74, 6) is -3.65. The molecular weight excluding hydrogens is 430 g/mol. The highest BCUT2D eigenvalue weighted by molar-refractivity contribution is 5.94. The van der Waals surface area contributed by atoms with Crippen LogP contribution in [0.5, 0.6) is 0 Å². The number of fused-ring (bicyclic) bond motifs is 1. The number of carbonyl (C=O) groups is 1. The molecule has 0 radical (unpaired) electrons. The van der Waals surface area contributed by atoms with Gasteiger partial charge in [0.2, 0.25) is 0 Å². The molecule has 0 aliphatic carbocycles. The quantitative estimate of drug-likeness (QED) is 0.591. The molecule has 1 aliphatic rings. The van der Waals surface area contributed by atoms with E-state index in [1.54, 1.807) is 38.2 Å². The Kier molecular flexibility index (Phi) is 5.59. The zero-order valence-corrected chi connectivity index (χ0v) is 18.9. The molecule has 0 unspecified atom stereocenters. The number of nitrogens with zero attached hydrogens (tertiary/aromatic N) is 3. The average molecular weight is 456 g/mol. The van der Waals surface area contributed by atoms with Crippen molar-refractivity contribution in [3.8, 4) is 0 Å². The first-order valence-electron chi connectivity index (χ1n) is 10.8. The molecule has 7 nitrogen and oxygen atoms in total. The van der Waals surface area contributed by atoms with Crippen LogP contribution in [-0.4, -0.2) is 39.0 Å². The Hall–Kier alpha value is -3.49. The number of benzene rings is 1. The number of pyridine rings is 1. The summed E-state index contributed by atoms with van der Waals surface area (Å²) in [5, 5.41) is 12.7. The number of carboxylic acid groups (broad SMARTS) is 1. The minimum Gasteiger partial charge on any atom is -0.478 e. The summed E-state index contributed by atoms with van der Waals surface area (Å²) in [6, 6.07) is 7.54. The predicted octanol–water partition coefficient (Wildman–Crippen LogP) is 4.42. The van der Waals surface area contributed by atoms with Crippen LogP contribution < -0.4 is 15.8 Å². The Balaban J connectivity index is 1.85. The smallest absolute Gasteiger partial charge is 0.337 e. The van der Waals surface area contributed by atoms with E-state index < -0.39 is 30.5 Å². The average Bonchev–Trinajstić information content (AvgIpc) is 3.02. The number of aromatic carboxylic acids is 1. The number of aromatic nitrogens is 2. The standard InChI is InChI=1S/C24H26F2N4O3/c1-13-9-18(16(4)27-19-8-6-5-7-17(19)23(32)33)21-28-20(15(3)22(31)29(21)11-13)30-12-24(25,26)10-14(30)2/h5-9,11,14,16,27H,10,12H2,1-4H3,(H,32,33)/t14-,16+/m0/s1. The number of hydrogen-bond donors (Lipinski definition) is 2. The van der Waals surface area contributed by atoms with Gasteiger partial charge in [0.25, 0.3) is 11.5 Å². The topological polar surface area (TPSA) is 86.9 Å². The summed E-state index contributed by atoms with van der Waals surface area (Å²) in [6.45, 7) is 6.50. The van der Waals surface area contributed by atoms with Gasteiger partial charge >= 0.3 is 5.97 Å². The largest absolute Gasteiger partial charge is 0.478 e. The van der Waals surface area contributed by atoms with Crippen LogP contribution in [0.1, 0.15) is 53.4 Å². The minimum absolute atomic E-state index is 0.121. The number of anilines is 2. The number of hydrogen-bond acceptors (Lipinski definition) is 5. The van der Waals surface area contributed by atoms with Gasteiger partial charge in [-0.25, -0.2) is 18.6 Å². The van der Waals surface area contributed by atoms with Crippen molar-refractivity contribution >= 4 is 23.1 Å². The van der Waals surface area contributed by atoms with E-state index in [2.05, 4.69) is 5.32 Å². The van der Waals surface area contributed by atoms with Crippen LogP contribution in [0.2, 0.25) is 0 Å². The van der Waals surface area contributed by atoms with Crippen LogP contribution in [0.4, 0.5) is 20.3 Å². The van der Waals surface area contributed by atoms with Crippen molar-refractivity contribution in [1.29, 1.82) is 0 Å². The highest BCUT2D eigenvalue weighted by Crippen LogP contribution is 2.36. The lowest BCUT2D eigenvalue weighted by Crippen LogP contribution is -2.33. The monoisotopic (exact) mass is 456 g/mol. The van der Waals surface area contributed by atoms with Gasteiger partial charge in [0.1, 0.15) is 11.5 Å². The van der Waals surface area contributed by atoms with Crippen molar-refractivity contribution in [2.75, 3.05) is 16.8 Å². The molecule has 3 aromatic rings. The maximum atomic E-state index is 14.1. The molecule has 3 heterocycles. The van der Waals surface area contributed by atoms with Crippen LogP contribution in [0.3, 0.4) is 0 Å². The second kappa shape index (κ2) is 8.13. The third kappa shape index (κ3) is 4.15. The van der Waals surface area contributed by atoms with Crippen LogP contribution in [0.15, 0.2) is 41.3 Å². The molecule has 1 aromatic carbocycles. The molecule has 0 bridgehead atoms. The Bertz CT molecular complexity index is 1300. The second-order valence-corrected chi connectivity index (χ2v) is 8.79. The number of para-hydroxylation sites is 1. The number of aryl methyl sites for hydroxylation is 1. The Labute approximate surface area is 189 Å². The summed E-state index contributed by atoms with van der Waals surface area (Å²) in [6.07, 6.45) is 1.38. The normalized spacial score (nSPS) is 18.5. The molecule has 1 aliphatic heterocycles. The third-order valence-electron chi connectivity index (χ3n) is 6.08. The molecule has 33 heavy (non-hydrogen) atoms. The van der Waals surface area contributed by atoms with E-state index in [0.29, 0.717) is 22.5 Å². The molecule has 2 N–H and O–H groups in total. The van der Waals surface area contributed by atoms with Gasteiger partial charge in [-0.3, -0.25) is 9.20 Å². The van der Waals surface area contributed by atoms with Crippen molar-refractivity contribution in [1.82, 2.24) is 9.38 Å². The van der Waals surface area contributed by atoms with E-state index in [0.717, 1.165) is 5.56 Å². The lowest BCUT2D eigenvalue weighted by atomic mass is 10.1. The Morgan fingerprint density at radius 1 is 1.30 bits per heavy atom. The molecule has 2 aromatic heterocycles. The maximum Gasteiger partial charge on any atom is 0.337 e. The van der Waals surface area contributed by atoms with Crippen molar-refractivity contribution in [2.24, 2.45) is 0 Å². The number of carboxylic acids is 1. The minimum atomic E-state index is -2.84. The first-order chi connectivity index (χ1) is 15.5.